The van der Waals surface area contributed by atoms with Crippen molar-refractivity contribution in [2.75, 3.05) is 12.4 Å². The molecule has 0 aliphatic heterocycles. The molecule has 0 saturated heterocycles. The van der Waals surface area contributed by atoms with Crippen LogP contribution >= 0.6 is 11.3 Å². The second kappa shape index (κ2) is 9.37. The molecule has 4 nitrogen and oxygen atoms in total. The third kappa shape index (κ3) is 5.02. The second-order valence-corrected chi connectivity index (χ2v) is 7.49. The molecule has 4 aromatic rings. The van der Waals surface area contributed by atoms with Gasteiger partial charge in [0.1, 0.15) is 5.75 Å². The highest BCUT2D eigenvalue weighted by Crippen LogP contribution is 2.25. The highest BCUT2D eigenvalue weighted by molar-refractivity contribution is 7.13. The Morgan fingerprint density at radius 3 is 2.07 bits per heavy atom. The molecule has 0 aliphatic carbocycles. The van der Waals surface area contributed by atoms with Crippen molar-refractivity contribution in [2.24, 2.45) is 0 Å². The molecule has 0 radical (unpaired) electrons. The summed E-state index contributed by atoms with van der Waals surface area (Å²) in [5.74, 6) is 0.840. The number of anilines is 2. The first-order valence-electron chi connectivity index (χ1n) is 9.50. The first-order chi connectivity index (χ1) is 14.3. The van der Waals surface area contributed by atoms with Gasteiger partial charge in [-0.2, -0.15) is 0 Å². The summed E-state index contributed by atoms with van der Waals surface area (Å²) in [5, 5.41) is 9.98. The predicted molar refractivity (Wildman–Crippen MR) is 120 cm³/mol. The standard InChI is InChI=1S/C24H23N3OS/c1-28-22-14-12-20(13-15-22)26-24-27-21(17-29-24)16-25-23(18-8-4-2-5-9-18)19-10-6-3-7-11-19/h2-15,17,23,25H,16H2,1H3,(H,26,27). The van der Waals surface area contributed by atoms with Gasteiger partial charge in [-0.3, -0.25) is 0 Å². The zero-order chi connectivity index (χ0) is 19.9. The lowest BCUT2D eigenvalue weighted by molar-refractivity contribution is 0.415. The van der Waals surface area contributed by atoms with E-state index in [-0.39, 0.29) is 6.04 Å². The first-order valence-corrected chi connectivity index (χ1v) is 10.4. The number of aromatic nitrogens is 1. The Morgan fingerprint density at radius 1 is 0.862 bits per heavy atom. The lowest BCUT2D eigenvalue weighted by Crippen LogP contribution is -2.22. The van der Waals surface area contributed by atoms with Crippen molar-refractivity contribution in [3.8, 4) is 5.75 Å². The van der Waals surface area contributed by atoms with Crippen LogP contribution in [0.5, 0.6) is 5.75 Å². The maximum Gasteiger partial charge on any atom is 0.187 e. The van der Waals surface area contributed by atoms with E-state index in [1.165, 1.54) is 11.1 Å². The summed E-state index contributed by atoms with van der Waals surface area (Å²) in [6, 6.07) is 29.0. The minimum atomic E-state index is 0.122. The van der Waals surface area contributed by atoms with Gasteiger partial charge in [0, 0.05) is 17.6 Å². The van der Waals surface area contributed by atoms with Crippen molar-refractivity contribution in [1.29, 1.82) is 0 Å². The van der Waals surface area contributed by atoms with Crippen LogP contribution in [-0.2, 0) is 6.54 Å². The van der Waals surface area contributed by atoms with Crippen molar-refractivity contribution in [3.63, 3.8) is 0 Å². The normalized spacial score (nSPS) is 10.8. The summed E-state index contributed by atoms with van der Waals surface area (Å²) in [7, 11) is 1.67. The minimum absolute atomic E-state index is 0.122. The van der Waals surface area contributed by atoms with Gasteiger partial charge in [0.15, 0.2) is 5.13 Å². The number of nitrogens with zero attached hydrogens (tertiary/aromatic N) is 1. The van der Waals surface area contributed by atoms with Crippen molar-refractivity contribution in [2.45, 2.75) is 12.6 Å². The maximum absolute atomic E-state index is 5.20. The van der Waals surface area contributed by atoms with Gasteiger partial charge in [-0.25, -0.2) is 4.98 Å². The summed E-state index contributed by atoms with van der Waals surface area (Å²) >= 11 is 1.60. The van der Waals surface area contributed by atoms with Crippen molar-refractivity contribution < 1.29 is 4.74 Å². The molecule has 0 amide bonds. The number of hydrogen-bond acceptors (Lipinski definition) is 5. The molecule has 1 aromatic heterocycles. The van der Waals surface area contributed by atoms with Gasteiger partial charge in [-0.1, -0.05) is 60.7 Å². The van der Waals surface area contributed by atoms with E-state index in [2.05, 4.69) is 64.5 Å². The summed E-state index contributed by atoms with van der Waals surface area (Å²) < 4.78 is 5.20. The van der Waals surface area contributed by atoms with Gasteiger partial charge in [-0.05, 0) is 35.4 Å². The van der Waals surface area contributed by atoms with Crippen molar-refractivity contribution in [3.05, 3.63) is 107 Å². The van der Waals surface area contributed by atoms with E-state index in [4.69, 9.17) is 9.72 Å². The molecule has 0 atom stereocenters. The van der Waals surface area contributed by atoms with Crippen LogP contribution in [-0.4, -0.2) is 12.1 Å². The van der Waals surface area contributed by atoms with Crippen LogP contribution in [0.2, 0.25) is 0 Å². The highest BCUT2D eigenvalue weighted by Gasteiger charge is 2.14. The molecule has 2 N–H and O–H groups in total. The Kier molecular flexibility index (Phi) is 6.19. The maximum atomic E-state index is 5.20. The molecule has 3 aromatic carbocycles. The van der Waals surface area contributed by atoms with E-state index in [0.717, 1.165) is 22.3 Å². The zero-order valence-electron chi connectivity index (χ0n) is 16.2. The van der Waals surface area contributed by atoms with Crippen LogP contribution in [0.1, 0.15) is 22.9 Å². The molecule has 29 heavy (non-hydrogen) atoms. The number of hydrogen-bond donors (Lipinski definition) is 2. The lowest BCUT2D eigenvalue weighted by atomic mass is 9.99. The molecule has 0 spiro atoms. The van der Waals surface area contributed by atoms with Crippen LogP contribution < -0.4 is 15.4 Å². The van der Waals surface area contributed by atoms with Gasteiger partial charge >= 0.3 is 0 Å². The topological polar surface area (TPSA) is 46.2 Å². The van der Waals surface area contributed by atoms with Crippen LogP contribution in [0.25, 0.3) is 0 Å². The third-order valence-corrected chi connectivity index (χ3v) is 5.45. The highest BCUT2D eigenvalue weighted by atomic mass is 32.1. The molecule has 0 bridgehead atoms. The van der Waals surface area contributed by atoms with E-state index < -0.39 is 0 Å². The molecule has 0 unspecified atom stereocenters. The third-order valence-electron chi connectivity index (χ3n) is 4.65. The Labute approximate surface area is 175 Å². The predicted octanol–water partition coefficient (Wildman–Crippen LogP) is 5.77. The van der Waals surface area contributed by atoms with Crippen molar-refractivity contribution in [1.82, 2.24) is 10.3 Å². The van der Waals surface area contributed by atoms with Crippen molar-refractivity contribution >= 4 is 22.2 Å². The van der Waals surface area contributed by atoms with Gasteiger partial charge in [0.05, 0.1) is 18.8 Å². The summed E-state index contributed by atoms with van der Waals surface area (Å²) in [4.78, 5) is 4.72. The fourth-order valence-corrected chi connectivity index (χ4v) is 3.90. The fourth-order valence-electron chi connectivity index (χ4n) is 3.17. The summed E-state index contributed by atoms with van der Waals surface area (Å²) in [6.07, 6.45) is 0. The molecule has 0 saturated carbocycles. The fraction of sp³-hybridized carbons (Fsp3) is 0.125. The average Bonchev–Trinajstić information content (AvgIpc) is 3.23. The van der Waals surface area contributed by atoms with Crippen LogP contribution in [0.15, 0.2) is 90.3 Å². The minimum Gasteiger partial charge on any atom is -0.497 e. The largest absolute Gasteiger partial charge is 0.497 e. The Morgan fingerprint density at radius 2 is 1.48 bits per heavy atom. The number of thiazole rings is 1. The number of ether oxygens (including phenoxy) is 1. The molecular formula is C24H23N3OS. The molecule has 0 fully saturated rings. The van der Waals surface area contributed by atoms with Crippen LogP contribution in [0.3, 0.4) is 0 Å². The van der Waals surface area contributed by atoms with E-state index in [9.17, 15) is 0 Å². The SMILES string of the molecule is COc1ccc(Nc2nc(CNC(c3ccccc3)c3ccccc3)cs2)cc1. The van der Waals surface area contributed by atoms with Crippen LogP contribution in [0, 0.1) is 0 Å². The number of methoxy groups -OCH3 is 1. The molecule has 0 aliphatic rings. The molecule has 5 heteroatoms. The smallest absolute Gasteiger partial charge is 0.187 e. The number of nitrogens with one attached hydrogen (secondary N) is 2. The Balaban J connectivity index is 1.44. The van der Waals surface area contributed by atoms with E-state index in [1.807, 2.05) is 36.4 Å². The number of benzene rings is 3. The number of rotatable bonds is 8. The Bertz CT molecular complexity index is 977. The molecular weight excluding hydrogens is 378 g/mol. The van der Waals surface area contributed by atoms with E-state index in [1.54, 1.807) is 18.4 Å². The average molecular weight is 402 g/mol. The van der Waals surface area contributed by atoms with Gasteiger partial charge in [-0.15, -0.1) is 11.3 Å². The van der Waals surface area contributed by atoms with Crippen LogP contribution in [0.4, 0.5) is 10.8 Å². The molecule has 1 heterocycles. The Hall–Kier alpha value is -3.15. The first kappa shape index (κ1) is 19.2. The molecule has 4 rings (SSSR count). The second-order valence-electron chi connectivity index (χ2n) is 6.63. The van der Waals surface area contributed by atoms with E-state index in [0.29, 0.717) is 6.54 Å². The van der Waals surface area contributed by atoms with E-state index >= 15 is 0 Å². The van der Waals surface area contributed by atoms with Gasteiger partial charge in [0.2, 0.25) is 0 Å². The zero-order valence-corrected chi connectivity index (χ0v) is 17.0. The quantitative estimate of drug-likeness (QED) is 0.393. The van der Waals surface area contributed by atoms with Gasteiger partial charge in [0.25, 0.3) is 0 Å². The monoisotopic (exact) mass is 401 g/mol. The lowest BCUT2D eigenvalue weighted by Gasteiger charge is -2.19. The summed E-state index contributed by atoms with van der Waals surface area (Å²) in [5.41, 5.74) is 4.49. The summed E-state index contributed by atoms with van der Waals surface area (Å²) in [6.45, 7) is 0.690. The van der Waals surface area contributed by atoms with Gasteiger partial charge < -0.3 is 15.4 Å². The molecule has 146 valence electrons.